The second kappa shape index (κ2) is 10.7. The molecule has 6 heteroatoms. The average Bonchev–Trinajstić information content (AvgIpc) is 2.72. The van der Waals surface area contributed by atoms with Crippen molar-refractivity contribution in [3.63, 3.8) is 0 Å². The number of carbonyl (C=O) groups is 2. The van der Waals surface area contributed by atoms with E-state index >= 15 is 0 Å². The fourth-order valence-electron chi connectivity index (χ4n) is 3.81. The van der Waals surface area contributed by atoms with Gasteiger partial charge < -0.3 is 10.2 Å². The Hall–Kier alpha value is -2.21. The summed E-state index contributed by atoms with van der Waals surface area (Å²) in [6, 6.07) is 13.1. The number of hydrogen-bond acceptors (Lipinski definition) is 4. The molecule has 0 unspecified atom stereocenters. The highest BCUT2D eigenvalue weighted by atomic mass is 35.5. The molecule has 30 heavy (non-hydrogen) atoms. The molecule has 0 saturated carbocycles. The normalized spacial score (nSPS) is 15.2. The summed E-state index contributed by atoms with van der Waals surface area (Å²) in [5.41, 5.74) is 3.81. The number of ketones is 1. The van der Waals surface area contributed by atoms with Crippen LogP contribution in [0.1, 0.15) is 34.3 Å². The quantitative estimate of drug-likeness (QED) is 0.642. The van der Waals surface area contributed by atoms with Crippen LogP contribution < -0.4 is 5.32 Å². The summed E-state index contributed by atoms with van der Waals surface area (Å²) in [4.78, 5) is 29.3. The highest BCUT2D eigenvalue weighted by molar-refractivity contribution is 6.30. The lowest BCUT2D eigenvalue weighted by molar-refractivity contribution is -0.117. The van der Waals surface area contributed by atoms with Crippen LogP contribution in [-0.4, -0.2) is 60.8 Å². The first-order valence-corrected chi connectivity index (χ1v) is 10.9. The van der Waals surface area contributed by atoms with Gasteiger partial charge in [0.1, 0.15) is 0 Å². The Labute approximate surface area is 184 Å². The van der Waals surface area contributed by atoms with Crippen molar-refractivity contribution in [2.45, 2.75) is 26.7 Å². The number of Topliss-reactive ketones (excluding diaryl/α,β-unsaturated/α-hetero) is 1. The van der Waals surface area contributed by atoms with Crippen LogP contribution in [0.3, 0.4) is 0 Å². The largest absolute Gasteiger partial charge is 0.324 e. The van der Waals surface area contributed by atoms with Crippen LogP contribution in [0, 0.1) is 13.8 Å². The van der Waals surface area contributed by atoms with Gasteiger partial charge in [0, 0.05) is 48.9 Å². The lowest BCUT2D eigenvalue weighted by Gasteiger charge is -2.34. The number of amides is 1. The molecule has 2 aromatic carbocycles. The lowest BCUT2D eigenvalue weighted by Crippen LogP contribution is -2.48. The van der Waals surface area contributed by atoms with Gasteiger partial charge in [-0.2, -0.15) is 0 Å². The standard InChI is InChI=1S/C24H30ClN3O2/c1-18-5-3-6-19(2)24(18)26-23(30)17-28-15-13-27(14-16-28)12-4-7-22(29)20-8-10-21(25)11-9-20/h3,5-6,8-11H,4,7,12-17H2,1-2H3,(H,26,30). The van der Waals surface area contributed by atoms with Gasteiger partial charge in [-0.25, -0.2) is 0 Å². The van der Waals surface area contributed by atoms with E-state index in [0.717, 1.165) is 61.5 Å². The van der Waals surface area contributed by atoms with Gasteiger partial charge in [0.25, 0.3) is 0 Å². The predicted molar refractivity (Wildman–Crippen MR) is 122 cm³/mol. The number of carbonyl (C=O) groups excluding carboxylic acids is 2. The molecule has 3 rings (SSSR count). The maximum atomic E-state index is 12.5. The molecule has 160 valence electrons. The summed E-state index contributed by atoms with van der Waals surface area (Å²) in [5, 5.41) is 3.71. The number of nitrogens with one attached hydrogen (secondary N) is 1. The zero-order valence-corrected chi connectivity index (χ0v) is 18.5. The number of benzene rings is 2. The third-order valence-corrected chi connectivity index (χ3v) is 5.87. The van der Waals surface area contributed by atoms with Crippen molar-refractivity contribution < 1.29 is 9.59 Å². The number of anilines is 1. The Kier molecular flexibility index (Phi) is 8.02. The Balaban J connectivity index is 1.36. The van der Waals surface area contributed by atoms with Crippen molar-refractivity contribution in [2.24, 2.45) is 0 Å². The van der Waals surface area contributed by atoms with Crippen molar-refractivity contribution in [3.05, 3.63) is 64.2 Å². The number of nitrogens with zero attached hydrogens (tertiary/aromatic N) is 2. The molecule has 0 aromatic heterocycles. The summed E-state index contributed by atoms with van der Waals surface area (Å²) >= 11 is 5.87. The molecule has 2 aromatic rings. The highest BCUT2D eigenvalue weighted by Crippen LogP contribution is 2.19. The van der Waals surface area contributed by atoms with E-state index in [2.05, 4.69) is 15.1 Å². The molecule has 1 aliphatic rings. The van der Waals surface area contributed by atoms with Crippen LogP contribution in [0.4, 0.5) is 5.69 Å². The van der Waals surface area contributed by atoms with Crippen LogP contribution in [0.15, 0.2) is 42.5 Å². The van der Waals surface area contributed by atoms with Gasteiger partial charge in [0.15, 0.2) is 5.78 Å². The number of aryl methyl sites for hydroxylation is 2. The van der Waals surface area contributed by atoms with Crippen LogP contribution in [0.2, 0.25) is 5.02 Å². The van der Waals surface area contributed by atoms with Gasteiger partial charge >= 0.3 is 0 Å². The van der Waals surface area contributed by atoms with Crippen molar-refractivity contribution in [1.82, 2.24) is 9.80 Å². The first kappa shape index (κ1) is 22.5. The molecule has 0 aliphatic carbocycles. The van der Waals surface area contributed by atoms with Crippen molar-refractivity contribution in [2.75, 3.05) is 44.6 Å². The van der Waals surface area contributed by atoms with E-state index in [1.165, 1.54) is 0 Å². The Bertz CT molecular complexity index is 854. The maximum absolute atomic E-state index is 12.5. The second-order valence-corrected chi connectivity index (χ2v) is 8.40. The first-order valence-electron chi connectivity index (χ1n) is 10.5. The topological polar surface area (TPSA) is 52.7 Å². The van der Waals surface area contributed by atoms with E-state index in [4.69, 9.17) is 11.6 Å². The van der Waals surface area contributed by atoms with Crippen molar-refractivity contribution >= 4 is 29.0 Å². The summed E-state index contributed by atoms with van der Waals surface area (Å²) < 4.78 is 0. The first-order chi connectivity index (χ1) is 14.4. The third kappa shape index (κ3) is 6.39. The number of para-hydroxylation sites is 1. The Morgan fingerprint density at radius 1 is 0.933 bits per heavy atom. The summed E-state index contributed by atoms with van der Waals surface area (Å²) in [7, 11) is 0. The predicted octanol–water partition coefficient (Wildman–Crippen LogP) is 4.18. The smallest absolute Gasteiger partial charge is 0.238 e. The molecule has 1 heterocycles. The molecule has 1 aliphatic heterocycles. The highest BCUT2D eigenvalue weighted by Gasteiger charge is 2.19. The molecule has 0 radical (unpaired) electrons. The van der Waals surface area contributed by atoms with Gasteiger partial charge in [0.05, 0.1) is 6.54 Å². The average molecular weight is 428 g/mol. The minimum Gasteiger partial charge on any atom is -0.324 e. The minimum atomic E-state index is 0.0365. The molecule has 1 amide bonds. The van der Waals surface area contributed by atoms with Gasteiger partial charge in [0.2, 0.25) is 5.91 Å². The minimum absolute atomic E-state index is 0.0365. The maximum Gasteiger partial charge on any atom is 0.238 e. The summed E-state index contributed by atoms with van der Waals surface area (Å²) in [6.45, 7) is 8.92. The Morgan fingerprint density at radius 3 is 2.17 bits per heavy atom. The van der Waals surface area contributed by atoms with E-state index in [0.29, 0.717) is 18.0 Å². The lowest BCUT2D eigenvalue weighted by atomic mass is 10.1. The molecular formula is C24H30ClN3O2. The van der Waals surface area contributed by atoms with Gasteiger partial charge in [-0.15, -0.1) is 0 Å². The second-order valence-electron chi connectivity index (χ2n) is 7.97. The van der Waals surface area contributed by atoms with Gasteiger partial charge in [-0.05, 0) is 62.2 Å². The van der Waals surface area contributed by atoms with Crippen LogP contribution in [-0.2, 0) is 4.79 Å². The van der Waals surface area contributed by atoms with Gasteiger partial charge in [-0.3, -0.25) is 14.5 Å². The monoisotopic (exact) mass is 427 g/mol. The third-order valence-electron chi connectivity index (χ3n) is 5.62. The van der Waals surface area contributed by atoms with Crippen LogP contribution >= 0.6 is 11.6 Å². The van der Waals surface area contributed by atoms with Crippen LogP contribution in [0.5, 0.6) is 0 Å². The van der Waals surface area contributed by atoms with E-state index in [1.807, 2.05) is 32.0 Å². The number of hydrogen-bond donors (Lipinski definition) is 1. The molecule has 1 saturated heterocycles. The molecule has 1 N–H and O–H groups in total. The molecule has 0 bridgehead atoms. The summed E-state index contributed by atoms with van der Waals surface area (Å²) in [5.74, 6) is 0.197. The summed E-state index contributed by atoms with van der Waals surface area (Å²) in [6.07, 6.45) is 1.38. The zero-order valence-electron chi connectivity index (χ0n) is 17.8. The molecule has 0 spiro atoms. The molecule has 5 nitrogen and oxygen atoms in total. The van der Waals surface area contributed by atoms with Crippen molar-refractivity contribution in [1.29, 1.82) is 0 Å². The molecule has 0 atom stereocenters. The van der Waals surface area contributed by atoms with E-state index in [9.17, 15) is 9.59 Å². The molecular weight excluding hydrogens is 398 g/mol. The van der Waals surface area contributed by atoms with E-state index < -0.39 is 0 Å². The van der Waals surface area contributed by atoms with E-state index in [1.54, 1.807) is 24.3 Å². The SMILES string of the molecule is Cc1cccc(C)c1NC(=O)CN1CCN(CCCC(=O)c2ccc(Cl)cc2)CC1. The molecule has 1 fully saturated rings. The van der Waals surface area contributed by atoms with Crippen LogP contribution in [0.25, 0.3) is 0 Å². The van der Waals surface area contributed by atoms with Crippen molar-refractivity contribution in [3.8, 4) is 0 Å². The fourth-order valence-corrected chi connectivity index (χ4v) is 3.93. The van der Waals surface area contributed by atoms with Gasteiger partial charge in [-0.1, -0.05) is 29.8 Å². The Morgan fingerprint density at radius 2 is 1.53 bits per heavy atom. The fraction of sp³-hybridized carbons (Fsp3) is 0.417. The number of halogens is 1. The number of piperazine rings is 1. The zero-order chi connectivity index (χ0) is 21.5. The van der Waals surface area contributed by atoms with E-state index in [-0.39, 0.29) is 11.7 Å². The number of rotatable bonds is 8.